The third-order valence-corrected chi connectivity index (χ3v) is 3.49. The molecule has 0 spiro atoms. The standard InChI is InChI=1S/C16H20F3N3O/c1-12(8-10-23-2)20-11-13-3-5-14(6-4-13)22-9-7-15(21-22)16(17,18)19/h3-7,9,12,20H,8,10-11H2,1-2H3. The number of nitrogens with zero attached hydrogens (tertiary/aromatic N) is 2. The van der Waals surface area contributed by atoms with Crippen molar-refractivity contribution in [3.8, 4) is 5.69 Å². The third-order valence-electron chi connectivity index (χ3n) is 3.49. The van der Waals surface area contributed by atoms with Crippen molar-refractivity contribution in [3.05, 3.63) is 47.8 Å². The molecule has 1 atom stereocenters. The van der Waals surface area contributed by atoms with Gasteiger partial charge >= 0.3 is 6.18 Å². The van der Waals surface area contributed by atoms with E-state index in [0.29, 0.717) is 24.9 Å². The van der Waals surface area contributed by atoms with E-state index in [4.69, 9.17) is 4.74 Å². The molecule has 0 bridgehead atoms. The van der Waals surface area contributed by atoms with Crippen molar-refractivity contribution in [2.45, 2.75) is 32.1 Å². The summed E-state index contributed by atoms with van der Waals surface area (Å²) in [5.41, 5.74) is 0.758. The lowest BCUT2D eigenvalue weighted by atomic mass is 10.2. The highest BCUT2D eigenvalue weighted by Crippen LogP contribution is 2.27. The molecule has 0 fully saturated rings. The number of ether oxygens (including phenoxy) is 1. The molecule has 0 radical (unpaired) electrons. The highest BCUT2D eigenvalue weighted by molar-refractivity contribution is 5.34. The van der Waals surface area contributed by atoms with Crippen LogP contribution in [0.1, 0.15) is 24.6 Å². The summed E-state index contributed by atoms with van der Waals surface area (Å²) in [5, 5.41) is 6.92. The smallest absolute Gasteiger partial charge is 0.385 e. The quantitative estimate of drug-likeness (QED) is 0.847. The first kappa shape index (κ1) is 17.5. The number of aromatic nitrogens is 2. The van der Waals surface area contributed by atoms with Crippen LogP contribution in [0.25, 0.3) is 5.69 Å². The molecule has 7 heteroatoms. The average Bonchev–Trinajstić information content (AvgIpc) is 3.01. The fourth-order valence-corrected chi connectivity index (χ4v) is 2.07. The minimum atomic E-state index is -4.42. The van der Waals surface area contributed by atoms with Crippen molar-refractivity contribution in [3.63, 3.8) is 0 Å². The van der Waals surface area contributed by atoms with Gasteiger partial charge in [-0.1, -0.05) is 12.1 Å². The predicted molar refractivity (Wildman–Crippen MR) is 81.4 cm³/mol. The molecule has 1 heterocycles. The largest absolute Gasteiger partial charge is 0.435 e. The van der Waals surface area contributed by atoms with E-state index in [1.54, 1.807) is 19.2 Å². The number of hydrogen-bond donors (Lipinski definition) is 1. The Kier molecular flexibility index (Phi) is 5.79. The van der Waals surface area contributed by atoms with Crippen LogP contribution >= 0.6 is 0 Å². The molecule has 4 nitrogen and oxygen atoms in total. The Bertz CT molecular complexity index is 608. The minimum absolute atomic E-state index is 0.329. The zero-order valence-corrected chi connectivity index (χ0v) is 13.1. The van der Waals surface area contributed by atoms with Crippen LogP contribution in [0.2, 0.25) is 0 Å². The van der Waals surface area contributed by atoms with Gasteiger partial charge in [0.25, 0.3) is 0 Å². The first-order chi connectivity index (χ1) is 10.9. The van der Waals surface area contributed by atoms with Crippen LogP contribution in [0, 0.1) is 0 Å². The van der Waals surface area contributed by atoms with Crippen LogP contribution in [-0.4, -0.2) is 29.5 Å². The first-order valence-electron chi connectivity index (χ1n) is 7.34. The van der Waals surface area contributed by atoms with Gasteiger partial charge in [0.05, 0.1) is 5.69 Å². The Hall–Kier alpha value is -1.86. The number of benzene rings is 1. The first-order valence-corrected chi connectivity index (χ1v) is 7.34. The number of halogens is 3. The summed E-state index contributed by atoms with van der Waals surface area (Å²) in [5.74, 6) is 0. The zero-order valence-electron chi connectivity index (χ0n) is 13.1. The van der Waals surface area contributed by atoms with Crippen molar-refractivity contribution in [1.29, 1.82) is 0 Å². The summed E-state index contributed by atoms with van der Waals surface area (Å²) >= 11 is 0. The lowest BCUT2D eigenvalue weighted by Crippen LogP contribution is -2.26. The molecule has 0 aliphatic carbocycles. The number of nitrogens with one attached hydrogen (secondary N) is 1. The van der Waals surface area contributed by atoms with E-state index in [-0.39, 0.29) is 0 Å². The maximum absolute atomic E-state index is 12.6. The average molecular weight is 327 g/mol. The Balaban J connectivity index is 1.95. The van der Waals surface area contributed by atoms with Crippen molar-refractivity contribution in [2.75, 3.05) is 13.7 Å². The number of hydrogen-bond acceptors (Lipinski definition) is 3. The Labute approximate surface area is 133 Å². The van der Waals surface area contributed by atoms with Crippen molar-refractivity contribution in [2.24, 2.45) is 0 Å². The molecule has 2 rings (SSSR count). The lowest BCUT2D eigenvalue weighted by molar-refractivity contribution is -0.141. The normalized spacial score (nSPS) is 13.3. The van der Waals surface area contributed by atoms with E-state index in [9.17, 15) is 13.2 Å². The van der Waals surface area contributed by atoms with E-state index < -0.39 is 11.9 Å². The van der Waals surface area contributed by atoms with Crippen LogP contribution in [-0.2, 0) is 17.5 Å². The minimum Gasteiger partial charge on any atom is -0.385 e. The highest BCUT2D eigenvalue weighted by atomic mass is 19.4. The second kappa shape index (κ2) is 7.61. The number of methoxy groups -OCH3 is 1. The number of rotatable bonds is 7. The Morgan fingerprint density at radius 3 is 2.48 bits per heavy atom. The van der Waals surface area contributed by atoms with Gasteiger partial charge in [0.2, 0.25) is 0 Å². The summed E-state index contributed by atoms with van der Waals surface area (Å²) in [4.78, 5) is 0. The van der Waals surface area contributed by atoms with Crippen molar-refractivity contribution >= 4 is 0 Å². The Morgan fingerprint density at radius 2 is 1.91 bits per heavy atom. The fourth-order valence-electron chi connectivity index (χ4n) is 2.07. The molecular weight excluding hydrogens is 307 g/mol. The van der Waals surface area contributed by atoms with Gasteiger partial charge < -0.3 is 10.1 Å². The second-order valence-corrected chi connectivity index (χ2v) is 5.37. The maximum Gasteiger partial charge on any atom is 0.435 e. The fraction of sp³-hybridized carbons (Fsp3) is 0.438. The van der Waals surface area contributed by atoms with Crippen LogP contribution < -0.4 is 5.32 Å². The topological polar surface area (TPSA) is 39.1 Å². The molecule has 0 aliphatic heterocycles. The number of alkyl halides is 3. The van der Waals surface area contributed by atoms with E-state index in [0.717, 1.165) is 18.1 Å². The molecule has 0 saturated carbocycles. The van der Waals surface area contributed by atoms with Gasteiger partial charge in [0.1, 0.15) is 0 Å². The van der Waals surface area contributed by atoms with Crippen LogP contribution in [0.5, 0.6) is 0 Å². The molecule has 1 N–H and O–H groups in total. The molecule has 1 aromatic heterocycles. The van der Waals surface area contributed by atoms with E-state index in [1.165, 1.54) is 10.9 Å². The van der Waals surface area contributed by atoms with Gasteiger partial charge in [-0.3, -0.25) is 0 Å². The van der Waals surface area contributed by atoms with Gasteiger partial charge in [0, 0.05) is 32.5 Å². The molecular formula is C16H20F3N3O. The summed E-state index contributed by atoms with van der Waals surface area (Å²) in [7, 11) is 1.67. The summed E-state index contributed by atoms with van der Waals surface area (Å²) in [6.07, 6.45) is -2.20. The molecule has 1 aromatic carbocycles. The predicted octanol–water partition coefficient (Wildman–Crippen LogP) is 3.41. The van der Waals surface area contributed by atoms with Gasteiger partial charge in [-0.2, -0.15) is 18.3 Å². The Morgan fingerprint density at radius 1 is 1.22 bits per heavy atom. The molecule has 0 aliphatic rings. The summed E-state index contributed by atoms with van der Waals surface area (Å²) in [6.45, 7) is 3.47. The van der Waals surface area contributed by atoms with E-state index in [1.807, 2.05) is 12.1 Å². The highest BCUT2D eigenvalue weighted by Gasteiger charge is 2.33. The monoisotopic (exact) mass is 327 g/mol. The molecule has 0 amide bonds. The van der Waals surface area contributed by atoms with Crippen molar-refractivity contribution < 1.29 is 17.9 Å². The van der Waals surface area contributed by atoms with Gasteiger partial charge in [-0.05, 0) is 37.1 Å². The van der Waals surface area contributed by atoms with Crippen LogP contribution in [0.3, 0.4) is 0 Å². The zero-order chi connectivity index (χ0) is 16.9. The molecule has 23 heavy (non-hydrogen) atoms. The summed E-state index contributed by atoms with van der Waals surface area (Å²) < 4.78 is 43.9. The van der Waals surface area contributed by atoms with E-state index >= 15 is 0 Å². The lowest BCUT2D eigenvalue weighted by Gasteiger charge is -2.13. The third kappa shape index (κ3) is 5.07. The molecule has 2 aromatic rings. The molecule has 1 unspecified atom stereocenters. The maximum atomic E-state index is 12.6. The van der Waals surface area contributed by atoms with Gasteiger partial charge in [-0.15, -0.1) is 0 Å². The van der Waals surface area contributed by atoms with Gasteiger partial charge in [0.15, 0.2) is 5.69 Å². The van der Waals surface area contributed by atoms with Crippen LogP contribution in [0.15, 0.2) is 36.5 Å². The van der Waals surface area contributed by atoms with Gasteiger partial charge in [-0.25, -0.2) is 4.68 Å². The molecule has 0 saturated heterocycles. The van der Waals surface area contributed by atoms with E-state index in [2.05, 4.69) is 17.3 Å². The van der Waals surface area contributed by atoms with Crippen LogP contribution in [0.4, 0.5) is 13.2 Å². The SMILES string of the molecule is COCCC(C)NCc1ccc(-n2ccc(C(F)(F)F)n2)cc1. The van der Waals surface area contributed by atoms with Crippen molar-refractivity contribution in [1.82, 2.24) is 15.1 Å². The summed E-state index contributed by atoms with van der Waals surface area (Å²) in [6, 6.07) is 8.55. The molecule has 126 valence electrons. The second-order valence-electron chi connectivity index (χ2n) is 5.37.